The van der Waals surface area contributed by atoms with Crippen LogP contribution in [0.15, 0.2) is 48.5 Å². The molecule has 0 fully saturated rings. The van der Waals surface area contributed by atoms with Gasteiger partial charge in [0.05, 0.1) is 4.92 Å². The molecule has 0 aliphatic heterocycles. The number of halogens is 1. The molecular weight excluding hydrogens is 347 g/mol. The van der Waals surface area contributed by atoms with E-state index < -0.39 is 46.8 Å². The number of alkyl carbamates (subject to hydrolysis) is 1. The lowest BCUT2D eigenvalue weighted by Crippen LogP contribution is -2.36. The third-order valence-corrected chi connectivity index (χ3v) is 3.54. The minimum atomic E-state index is -1.76. The van der Waals surface area contributed by atoms with E-state index >= 15 is 0 Å². The number of hydrogen-bond donors (Lipinski definition) is 3. The zero-order chi connectivity index (χ0) is 19.1. The highest BCUT2D eigenvalue weighted by molar-refractivity contribution is 5.67. The summed E-state index contributed by atoms with van der Waals surface area (Å²) in [5.74, 6) is -0.909. The predicted molar refractivity (Wildman–Crippen MR) is 88.7 cm³/mol. The first kappa shape index (κ1) is 19.3. The first-order valence-electron chi connectivity index (χ1n) is 7.63. The van der Waals surface area contributed by atoms with Gasteiger partial charge in [-0.1, -0.05) is 30.3 Å². The molecule has 8 nitrogen and oxygen atoms in total. The second kappa shape index (κ2) is 8.88. The Morgan fingerprint density at radius 1 is 1.23 bits per heavy atom. The number of non-ortho nitro benzene ring substituents is 1. The Kier molecular flexibility index (Phi) is 6.59. The molecule has 0 saturated heterocycles. The molecule has 2 aromatic carbocycles. The second-order valence-electron chi connectivity index (χ2n) is 5.42. The van der Waals surface area contributed by atoms with Crippen molar-refractivity contribution in [3.63, 3.8) is 0 Å². The number of amides is 1. The lowest BCUT2D eigenvalue weighted by Gasteiger charge is -2.19. The number of nitrogens with one attached hydrogen (secondary N) is 1. The Hall–Kier alpha value is -3.04. The number of carbonyl (C=O) groups is 1. The number of hydrogen-bond acceptors (Lipinski definition) is 6. The SMILES string of the molecule is O=C(NCC(O)C(O)c1cc([N+](=O)[O-])ccc1F)OCc1ccccc1. The van der Waals surface area contributed by atoms with Crippen molar-refractivity contribution in [3.05, 3.63) is 75.6 Å². The van der Waals surface area contributed by atoms with Crippen molar-refractivity contribution in [2.45, 2.75) is 18.8 Å². The van der Waals surface area contributed by atoms with Crippen molar-refractivity contribution in [2.24, 2.45) is 0 Å². The van der Waals surface area contributed by atoms with Crippen LogP contribution in [-0.4, -0.2) is 33.9 Å². The van der Waals surface area contributed by atoms with E-state index in [0.717, 1.165) is 23.8 Å². The summed E-state index contributed by atoms with van der Waals surface area (Å²) in [6.45, 7) is -0.415. The van der Waals surface area contributed by atoms with Crippen molar-refractivity contribution < 1.29 is 29.1 Å². The molecule has 0 spiro atoms. The van der Waals surface area contributed by atoms with Gasteiger partial charge in [0, 0.05) is 24.2 Å². The first-order valence-corrected chi connectivity index (χ1v) is 7.63. The highest BCUT2D eigenvalue weighted by Crippen LogP contribution is 2.24. The molecule has 26 heavy (non-hydrogen) atoms. The van der Waals surface area contributed by atoms with Gasteiger partial charge in [-0.05, 0) is 11.6 Å². The Bertz CT molecular complexity index is 771. The summed E-state index contributed by atoms with van der Waals surface area (Å²) in [4.78, 5) is 21.6. The van der Waals surface area contributed by atoms with Gasteiger partial charge in [-0.3, -0.25) is 10.1 Å². The van der Waals surface area contributed by atoms with Crippen LogP contribution in [-0.2, 0) is 11.3 Å². The van der Waals surface area contributed by atoms with Crippen LogP contribution in [0.25, 0.3) is 0 Å². The van der Waals surface area contributed by atoms with Gasteiger partial charge in [-0.25, -0.2) is 9.18 Å². The van der Waals surface area contributed by atoms with Crippen LogP contribution in [0, 0.1) is 15.9 Å². The monoisotopic (exact) mass is 364 g/mol. The summed E-state index contributed by atoms with van der Waals surface area (Å²) < 4.78 is 18.7. The zero-order valence-corrected chi connectivity index (χ0v) is 13.5. The Balaban J connectivity index is 1.88. The molecule has 138 valence electrons. The summed E-state index contributed by atoms with van der Waals surface area (Å²) in [6.07, 6.45) is -4.18. The molecule has 9 heteroatoms. The van der Waals surface area contributed by atoms with Crippen LogP contribution in [0.5, 0.6) is 0 Å². The second-order valence-corrected chi connectivity index (χ2v) is 5.42. The lowest BCUT2D eigenvalue weighted by molar-refractivity contribution is -0.385. The molecule has 2 unspecified atom stereocenters. The van der Waals surface area contributed by atoms with E-state index in [0.29, 0.717) is 0 Å². The van der Waals surface area contributed by atoms with E-state index in [1.54, 1.807) is 24.3 Å². The number of ether oxygens (including phenoxy) is 1. The molecule has 0 bridgehead atoms. The summed E-state index contributed by atoms with van der Waals surface area (Å²) in [7, 11) is 0. The zero-order valence-electron chi connectivity index (χ0n) is 13.5. The minimum Gasteiger partial charge on any atom is -0.445 e. The van der Waals surface area contributed by atoms with Gasteiger partial charge in [-0.2, -0.15) is 0 Å². The molecule has 2 rings (SSSR count). The normalized spacial score (nSPS) is 12.9. The largest absolute Gasteiger partial charge is 0.445 e. The van der Waals surface area contributed by atoms with Gasteiger partial charge >= 0.3 is 6.09 Å². The highest BCUT2D eigenvalue weighted by atomic mass is 19.1. The highest BCUT2D eigenvalue weighted by Gasteiger charge is 2.24. The van der Waals surface area contributed by atoms with Crippen LogP contribution < -0.4 is 5.32 Å². The van der Waals surface area contributed by atoms with Crippen LogP contribution in [0.2, 0.25) is 0 Å². The van der Waals surface area contributed by atoms with E-state index in [-0.39, 0.29) is 6.61 Å². The molecule has 0 saturated carbocycles. The number of nitro groups is 1. The maximum absolute atomic E-state index is 13.7. The number of rotatable bonds is 7. The molecule has 0 aliphatic rings. The van der Waals surface area contributed by atoms with E-state index in [2.05, 4.69) is 5.32 Å². The van der Waals surface area contributed by atoms with E-state index in [1.165, 1.54) is 0 Å². The summed E-state index contributed by atoms with van der Waals surface area (Å²) in [5.41, 5.74) is -0.101. The van der Waals surface area contributed by atoms with E-state index in [4.69, 9.17) is 4.74 Å². The number of aliphatic hydroxyl groups excluding tert-OH is 2. The third kappa shape index (κ3) is 5.23. The maximum Gasteiger partial charge on any atom is 0.407 e. The molecule has 0 heterocycles. The van der Waals surface area contributed by atoms with Gasteiger partial charge in [0.1, 0.15) is 24.6 Å². The molecule has 0 aliphatic carbocycles. The lowest BCUT2D eigenvalue weighted by atomic mass is 10.0. The van der Waals surface area contributed by atoms with Gasteiger partial charge in [-0.15, -0.1) is 0 Å². The topological polar surface area (TPSA) is 122 Å². The van der Waals surface area contributed by atoms with Gasteiger partial charge in [0.25, 0.3) is 5.69 Å². The standard InChI is InChI=1S/C17H17FN2O6/c18-14-7-6-12(20(24)25)8-13(14)16(22)15(21)9-19-17(23)26-10-11-4-2-1-3-5-11/h1-8,15-16,21-22H,9-10H2,(H,19,23). The van der Waals surface area contributed by atoms with Gasteiger partial charge < -0.3 is 20.3 Å². The summed E-state index contributed by atoms with van der Waals surface area (Å²) in [5, 5.41) is 32.9. The molecule has 0 aromatic heterocycles. The fourth-order valence-corrected chi connectivity index (χ4v) is 2.15. The average molecular weight is 364 g/mol. The first-order chi connectivity index (χ1) is 12.4. The Labute approximate surface area is 148 Å². The average Bonchev–Trinajstić information content (AvgIpc) is 2.64. The Morgan fingerprint density at radius 2 is 1.92 bits per heavy atom. The molecule has 2 aromatic rings. The number of carbonyl (C=O) groups excluding carboxylic acids is 1. The number of nitro benzene ring substituents is 1. The third-order valence-electron chi connectivity index (χ3n) is 3.54. The molecule has 1 amide bonds. The smallest absolute Gasteiger partial charge is 0.407 e. The fourth-order valence-electron chi connectivity index (χ4n) is 2.15. The number of nitrogens with zero attached hydrogens (tertiary/aromatic N) is 1. The van der Waals surface area contributed by atoms with Crippen molar-refractivity contribution >= 4 is 11.8 Å². The van der Waals surface area contributed by atoms with Crippen LogP contribution >= 0.6 is 0 Å². The number of aliphatic hydroxyl groups is 2. The number of benzene rings is 2. The summed E-state index contributed by atoms with van der Waals surface area (Å²) >= 11 is 0. The summed E-state index contributed by atoms with van der Waals surface area (Å²) in [6, 6.07) is 11.5. The van der Waals surface area contributed by atoms with Crippen LogP contribution in [0.1, 0.15) is 17.2 Å². The molecule has 3 N–H and O–H groups in total. The van der Waals surface area contributed by atoms with E-state index in [1.807, 2.05) is 6.07 Å². The molecular formula is C17H17FN2O6. The van der Waals surface area contributed by atoms with Crippen LogP contribution in [0.4, 0.5) is 14.9 Å². The quantitative estimate of drug-likeness (QED) is 0.511. The maximum atomic E-state index is 13.7. The Morgan fingerprint density at radius 3 is 2.58 bits per heavy atom. The van der Waals surface area contributed by atoms with Gasteiger partial charge in [0.2, 0.25) is 0 Å². The van der Waals surface area contributed by atoms with Crippen molar-refractivity contribution in [2.75, 3.05) is 6.54 Å². The molecule has 0 radical (unpaired) electrons. The molecule has 2 atom stereocenters. The van der Waals surface area contributed by atoms with E-state index in [9.17, 15) is 29.5 Å². The fraction of sp³-hybridized carbons (Fsp3) is 0.235. The van der Waals surface area contributed by atoms with Crippen molar-refractivity contribution in [1.82, 2.24) is 5.32 Å². The predicted octanol–water partition coefficient (Wildman–Crippen LogP) is 2.05. The van der Waals surface area contributed by atoms with Crippen molar-refractivity contribution in [1.29, 1.82) is 0 Å². The minimum absolute atomic E-state index is 0.0187. The van der Waals surface area contributed by atoms with Crippen LogP contribution in [0.3, 0.4) is 0 Å². The van der Waals surface area contributed by atoms with Gasteiger partial charge in [0.15, 0.2) is 0 Å². The van der Waals surface area contributed by atoms with Crippen molar-refractivity contribution in [3.8, 4) is 0 Å².